The Balaban J connectivity index is 2.21. The molecule has 108 valence electrons. The van der Waals surface area contributed by atoms with Gasteiger partial charge in [-0.1, -0.05) is 0 Å². The normalized spacial score (nSPS) is 10.0. The molecule has 0 aliphatic rings. The van der Waals surface area contributed by atoms with Crippen LogP contribution in [0.1, 0.15) is 22.3 Å². The summed E-state index contributed by atoms with van der Waals surface area (Å²) in [5.41, 5.74) is 9.94. The highest BCUT2D eigenvalue weighted by atomic mass is 16.5. The molecule has 21 heavy (non-hydrogen) atoms. The van der Waals surface area contributed by atoms with Crippen LogP contribution in [-0.4, -0.2) is 7.11 Å². The van der Waals surface area contributed by atoms with E-state index in [0.29, 0.717) is 23.6 Å². The molecule has 2 N–H and O–H groups in total. The van der Waals surface area contributed by atoms with Crippen LogP contribution < -0.4 is 15.2 Å². The molecule has 0 bridgehead atoms. The van der Waals surface area contributed by atoms with Crippen LogP contribution in [0.2, 0.25) is 0 Å². The molecule has 0 radical (unpaired) electrons. The SMILES string of the molecule is COc1cc(N)cc(COc2c(C)cc(C#N)cc2C)c1. The third-order valence-corrected chi connectivity index (χ3v) is 3.20. The molecule has 2 aromatic rings. The summed E-state index contributed by atoms with van der Waals surface area (Å²) < 4.78 is 11.1. The van der Waals surface area contributed by atoms with Crippen LogP contribution in [0.15, 0.2) is 30.3 Å². The maximum atomic E-state index is 8.95. The second-order valence-corrected chi connectivity index (χ2v) is 4.95. The molecule has 0 aliphatic carbocycles. The van der Waals surface area contributed by atoms with Gasteiger partial charge in [0.25, 0.3) is 0 Å². The van der Waals surface area contributed by atoms with Crippen molar-refractivity contribution in [3.8, 4) is 17.6 Å². The molecule has 0 spiro atoms. The summed E-state index contributed by atoms with van der Waals surface area (Å²) in [5.74, 6) is 1.51. The Labute approximate surface area is 124 Å². The van der Waals surface area contributed by atoms with E-state index in [9.17, 15) is 0 Å². The zero-order chi connectivity index (χ0) is 15.4. The van der Waals surface area contributed by atoms with Crippen LogP contribution in [0.25, 0.3) is 0 Å². The quantitative estimate of drug-likeness (QED) is 0.873. The molecule has 2 aromatic carbocycles. The van der Waals surface area contributed by atoms with E-state index in [0.717, 1.165) is 22.4 Å². The van der Waals surface area contributed by atoms with Crippen LogP contribution in [0, 0.1) is 25.2 Å². The maximum Gasteiger partial charge on any atom is 0.125 e. The number of benzene rings is 2. The summed E-state index contributed by atoms with van der Waals surface area (Å²) in [4.78, 5) is 0. The van der Waals surface area contributed by atoms with E-state index in [1.807, 2.05) is 38.1 Å². The number of hydrogen-bond acceptors (Lipinski definition) is 4. The second-order valence-electron chi connectivity index (χ2n) is 4.95. The van der Waals surface area contributed by atoms with Gasteiger partial charge >= 0.3 is 0 Å². The number of ether oxygens (including phenoxy) is 2. The highest BCUT2D eigenvalue weighted by molar-refractivity contribution is 5.49. The molecule has 0 aromatic heterocycles. The summed E-state index contributed by atoms with van der Waals surface area (Å²) in [7, 11) is 1.61. The molecule has 0 heterocycles. The van der Waals surface area contributed by atoms with Crippen molar-refractivity contribution >= 4 is 5.69 Å². The number of nitrogen functional groups attached to an aromatic ring is 1. The standard InChI is InChI=1S/C17H18N2O2/c1-11-4-13(9-18)5-12(2)17(11)21-10-14-6-15(19)8-16(7-14)20-3/h4-8H,10,19H2,1-3H3. The van der Waals surface area contributed by atoms with Crippen molar-refractivity contribution < 1.29 is 9.47 Å². The average Bonchev–Trinajstić information content (AvgIpc) is 2.45. The molecule has 4 heteroatoms. The van der Waals surface area contributed by atoms with Crippen molar-refractivity contribution in [2.45, 2.75) is 20.5 Å². The van der Waals surface area contributed by atoms with E-state index < -0.39 is 0 Å². The van der Waals surface area contributed by atoms with E-state index >= 15 is 0 Å². The number of anilines is 1. The van der Waals surface area contributed by atoms with Gasteiger partial charge in [0.05, 0.1) is 18.7 Å². The van der Waals surface area contributed by atoms with E-state index in [2.05, 4.69) is 6.07 Å². The third kappa shape index (κ3) is 3.46. The maximum absolute atomic E-state index is 8.95. The monoisotopic (exact) mass is 282 g/mol. The molecule has 0 aliphatic heterocycles. The number of nitriles is 1. The fourth-order valence-corrected chi connectivity index (χ4v) is 2.29. The Morgan fingerprint density at radius 3 is 2.33 bits per heavy atom. The van der Waals surface area contributed by atoms with E-state index in [1.165, 1.54) is 0 Å². The smallest absolute Gasteiger partial charge is 0.125 e. The Hall–Kier alpha value is -2.67. The lowest BCUT2D eigenvalue weighted by atomic mass is 10.1. The van der Waals surface area contributed by atoms with Crippen LogP contribution in [0.3, 0.4) is 0 Å². The lowest BCUT2D eigenvalue weighted by Crippen LogP contribution is -2.01. The Morgan fingerprint density at radius 2 is 1.76 bits per heavy atom. The van der Waals surface area contributed by atoms with Crippen LogP contribution in [-0.2, 0) is 6.61 Å². The Morgan fingerprint density at radius 1 is 1.10 bits per heavy atom. The predicted molar refractivity (Wildman–Crippen MR) is 82.4 cm³/mol. The molecule has 2 rings (SSSR count). The molecule has 0 saturated heterocycles. The van der Waals surface area contributed by atoms with Gasteiger partial charge < -0.3 is 15.2 Å². The number of hydrogen-bond donors (Lipinski definition) is 1. The van der Waals surface area contributed by atoms with Gasteiger partial charge in [0.2, 0.25) is 0 Å². The molecular formula is C17H18N2O2. The predicted octanol–water partition coefficient (Wildman–Crippen LogP) is 3.34. The lowest BCUT2D eigenvalue weighted by molar-refractivity contribution is 0.301. The van der Waals surface area contributed by atoms with Crippen molar-refractivity contribution in [3.05, 3.63) is 52.6 Å². The first-order chi connectivity index (χ1) is 10.0. The van der Waals surface area contributed by atoms with Crippen molar-refractivity contribution in [2.75, 3.05) is 12.8 Å². The second kappa shape index (κ2) is 6.19. The summed E-state index contributed by atoms with van der Waals surface area (Å²) in [6.45, 7) is 4.27. The molecule has 0 fully saturated rings. The number of rotatable bonds is 4. The number of nitrogens with two attached hydrogens (primary N) is 1. The zero-order valence-corrected chi connectivity index (χ0v) is 12.4. The average molecular weight is 282 g/mol. The van der Waals surface area contributed by atoms with Crippen LogP contribution >= 0.6 is 0 Å². The minimum atomic E-state index is 0.398. The Kier molecular flexibility index (Phi) is 4.34. The lowest BCUT2D eigenvalue weighted by Gasteiger charge is -2.13. The topological polar surface area (TPSA) is 68.3 Å². The fourth-order valence-electron chi connectivity index (χ4n) is 2.29. The molecular weight excluding hydrogens is 264 g/mol. The molecule has 0 unspecified atom stereocenters. The van der Waals surface area contributed by atoms with Gasteiger partial charge in [-0.2, -0.15) is 5.26 Å². The van der Waals surface area contributed by atoms with Crippen LogP contribution in [0.4, 0.5) is 5.69 Å². The number of nitrogens with zero attached hydrogens (tertiary/aromatic N) is 1. The van der Waals surface area contributed by atoms with Gasteiger partial charge in [-0.05, 0) is 54.8 Å². The van der Waals surface area contributed by atoms with E-state index in [1.54, 1.807) is 13.2 Å². The van der Waals surface area contributed by atoms with Gasteiger partial charge in [0.1, 0.15) is 18.1 Å². The summed E-state index contributed by atoms with van der Waals surface area (Å²) in [6.07, 6.45) is 0. The first kappa shape index (κ1) is 14.7. The largest absolute Gasteiger partial charge is 0.497 e. The zero-order valence-electron chi connectivity index (χ0n) is 12.4. The van der Waals surface area contributed by atoms with Crippen molar-refractivity contribution in [1.29, 1.82) is 5.26 Å². The minimum Gasteiger partial charge on any atom is -0.497 e. The summed E-state index contributed by atoms with van der Waals surface area (Å²) >= 11 is 0. The molecule has 0 atom stereocenters. The summed E-state index contributed by atoms with van der Waals surface area (Å²) in [5, 5.41) is 8.95. The van der Waals surface area contributed by atoms with Crippen molar-refractivity contribution in [3.63, 3.8) is 0 Å². The number of aryl methyl sites for hydroxylation is 2. The summed E-state index contributed by atoms with van der Waals surface area (Å²) in [6, 6.07) is 11.3. The van der Waals surface area contributed by atoms with Crippen LogP contribution in [0.5, 0.6) is 11.5 Å². The van der Waals surface area contributed by atoms with Gasteiger partial charge in [-0.3, -0.25) is 0 Å². The molecule has 0 amide bonds. The van der Waals surface area contributed by atoms with Crippen molar-refractivity contribution in [2.24, 2.45) is 0 Å². The Bertz CT molecular complexity index is 679. The van der Waals surface area contributed by atoms with Gasteiger partial charge in [-0.15, -0.1) is 0 Å². The van der Waals surface area contributed by atoms with Gasteiger partial charge in [0, 0.05) is 11.8 Å². The van der Waals surface area contributed by atoms with E-state index in [-0.39, 0.29) is 0 Å². The first-order valence-electron chi connectivity index (χ1n) is 6.61. The highest BCUT2D eigenvalue weighted by Crippen LogP contribution is 2.26. The molecule has 4 nitrogen and oxygen atoms in total. The first-order valence-corrected chi connectivity index (χ1v) is 6.61. The third-order valence-electron chi connectivity index (χ3n) is 3.20. The van der Waals surface area contributed by atoms with E-state index in [4.69, 9.17) is 20.5 Å². The van der Waals surface area contributed by atoms with Gasteiger partial charge in [0.15, 0.2) is 0 Å². The molecule has 0 saturated carbocycles. The van der Waals surface area contributed by atoms with Crippen molar-refractivity contribution in [1.82, 2.24) is 0 Å². The number of methoxy groups -OCH3 is 1. The fraction of sp³-hybridized carbons (Fsp3) is 0.235. The minimum absolute atomic E-state index is 0.398. The van der Waals surface area contributed by atoms with Gasteiger partial charge in [-0.25, -0.2) is 0 Å². The highest BCUT2D eigenvalue weighted by Gasteiger charge is 2.07.